The van der Waals surface area contributed by atoms with Gasteiger partial charge in [0.2, 0.25) is 11.8 Å². The van der Waals surface area contributed by atoms with Gasteiger partial charge in [0.25, 0.3) is 0 Å². The lowest BCUT2D eigenvalue weighted by Gasteiger charge is -2.32. The summed E-state index contributed by atoms with van der Waals surface area (Å²) in [6, 6.07) is 0. The van der Waals surface area contributed by atoms with Gasteiger partial charge in [0.15, 0.2) is 0 Å². The van der Waals surface area contributed by atoms with Crippen LogP contribution in [0.5, 0.6) is 0 Å². The Morgan fingerprint density at radius 3 is 2.88 bits per heavy atom. The van der Waals surface area contributed by atoms with E-state index in [2.05, 4.69) is 15.6 Å². The Balaban J connectivity index is 1.51. The fourth-order valence-electron chi connectivity index (χ4n) is 3.11. The maximum atomic E-state index is 12.3. The number of thiazole rings is 1. The van der Waals surface area contributed by atoms with E-state index in [0.29, 0.717) is 24.3 Å². The lowest BCUT2D eigenvalue weighted by molar-refractivity contribution is -0.133. The van der Waals surface area contributed by atoms with E-state index >= 15 is 0 Å². The van der Waals surface area contributed by atoms with Gasteiger partial charge in [-0.05, 0) is 25.7 Å². The van der Waals surface area contributed by atoms with Crippen LogP contribution in [0.4, 0.5) is 0 Å². The highest BCUT2D eigenvalue weighted by molar-refractivity contribution is 7.09. The first-order valence-electron chi connectivity index (χ1n) is 9.05. The first-order chi connectivity index (χ1) is 11.5. The highest BCUT2D eigenvalue weighted by atomic mass is 32.1. The number of nitrogens with zero attached hydrogens (tertiary/aromatic N) is 2. The van der Waals surface area contributed by atoms with Gasteiger partial charge in [-0.2, -0.15) is 0 Å². The Hall–Kier alpha value is -1.43. The molecule has 2 fully saturated rings. The number of carbonyl (C=O) groups excluding carboxylic acids is 2. The Labute approximate surface area is 147 Å². The van der Waals surface area contributed by atoms with E-state index in [4.69, 9.17) is 4.98 Å². The zero-order chi connectivity index (χ0) is 17.1. The highest BCUT2D eigenvalue weighted by Crippen LogP contribution is 2.35. The molecule has 1 saturated heterocycles. The average Bonchev–Trinajstić information content (AvgIpc) is 3.33. The zero-order valence-electron chi connectivity index (χ0n) is 14.6. The number of hydrogen-bond donors (Lipinski definition) is 1. The SMILES string of the molecule is CC(C)C(=O)NCCc1csc([C@@H]2CCCN(C(=O)C3CC3)C2)n1. The van der Waals surface area contributed by atoms with E-state index in [1.54, 1.807) is 11.3 Å². The third-order valence-corrected chi connectivity index (χ3v) is 5.84. The van der Waals surface area contributed by atoms with Crippen LogP contribution < -0.4 is 5.32 Å². The van der Waals surface area contributed by atoms with Gasteiger partial charge in [0.1, 0.15) is 0 Å². The largest absolute Gasteiger partial charge is 0.355 e. The number of likely N-dealkylation sites (tertiary alicyclic amines) is 1. The third kappa shape index (κ3) is 4.35. The predicted octanol–water partition coefficient (Wildman–Crippen LogP) is 2.57. The number of hydrogen-bond acceptors (Lipinski definition) is 4. The Kier molecular flexibility index (Phi) is 5.54. The van der Waals surface area contributed by atoms with Gasteiger partial charge in [-0.15, -0.1) is 11.3 Å². The van der Waals surface area contributed by atoms with E-state index in [0.717, 1.165) is 55.9 Å². The smallest absolute Gasteiger partial charge is 0.225 e. The molecule has 1 saturated carbocycles. The summed E-state index contributed by atoms with van der Waals surface area (Å²) in [4.78, 5) is 30.7. The summed E-state index contributed by atoms with van der Waals surface area (Å²) in [5.74, 6) is 1.15. The fourth-order valence-corrected chi connectivity index (χ4v) is 4.09. The molecule has 1 aliphatic carbocycles. The summed E-state index contributed by atoms with van der Waals surface area (Å²) in [5.41, 5.74) is 1.05. The van der Waals surface area contributed by atoms with E-state index in [1.807, 2.05) is 13.8 Å². The van der Waals surface area contributed by atoms with Crippen LogP contribution >= 0.6 is 11.3 Å². The molecular weight excluding hydrogens is 322 g/mol. The van der Waals surface area contributed by atoms with Gasteiger partial charge in [-0.25, -0.2) is 4.98 Å². The number of piperidine rings is 1. The first kappa shape index (κ1) is 17.4. The number of amides is 2. The quantitative estimate of drug-likeness (QED) is 0.858. The van der Waals surface area contributed by atoms with Crippen LogP contribution in [0.15, 0.2) is 5.38 Å². The van der Waals surface area contributed by atoms with E-state index in [-0.39, 0.29) is 11.8 Å². The Morgan fingerprint density at radius 2 is 2.17 bits per heavy atom. The Bertz CT molecular complexity index is 595. The summed E-state index contributed by atoms with van der Waals surface area (Å²) in [6.45, 7) is 6.16. The zero-order valence-corrected chi connectivity index (χ0v) is 15.4. The maximum Gasteiger partial charge on any atom is 0.225 e. The summed E-state index contributed by atoms with van der Waals surface area (Å²) < 4.78 is 0. The molecule has 5 nitrogen and oxygen atoms in total. The fraction of sp³-hybridized carbons (Fsp3) is 0.722. The molecule has 2 aliphatic rings. The molecule has 0 spiro atoms. The molecular formula is C18H27N3O2S. The summed E-state index contributed by atoms with van der Waals surface area (Å²) in [6.07, 6.45) is 5.10. The second kappa shape index (κ2) is 7.64. The van der Waals surface area contributed by atoms with E-state index in [9.17, 15) is 9.59 Å². The van der Waals surface area contributed by atoms with Crippen molar-refractivity contribution in [2.45, 2.75) is 51.9 Å². The van der Waals surface area contributed by atoms with Gasteiger partial charge in [-0.3, -0.25) is 9.59 Å². The normalized spacial score (nSPS) is 21.1. The molecule has 1 N–H and O–H groups in total. The molecule has 0 aromatic carbocycles. The van der Waals surface area contributed by atoms with Crippen molar-refractivity contribution in [2.24, 2.45) is 11.8 Å². The molecule has 6 heteroatoms. The average molecular weight is 350 g/mol. The topological polar surface area (TPSA) is 62.3 Å². The second-order valence-corrected chi connectivity index (χ2v) is 8.16. The van der Waals surface area contributed by atoms with Crippen LogP contribution in [-0.4, -0.2) is 41.3 Å². The van der Waals surface area contributed by atoms with Gasteiger partial charge in [0.05, 0.1) is 10.7 Å². The monoisotopic (exact) mass is 349 g/mol. The number of nitrogens with one attached hydrogen (secondary N) is 1. The minimum atomic E-state index is 0.0215. The molecule has 132 valence electrons. The van der Waals surface area contributed by atoms with Crippen molar-refractivity contribution >= 4 is 23.2 Å². The van der Waals surface area contributed by atoms with Crippen LogP contribution in [0, 0.1) is 11.8 Å². The summed E-state index contributed by atoms with van der Waals surface area (Å²) >= 11 is 1.70. The summed E-state index contributed by atoms with van der Waals surface area (Å²) in [5, 5.41) is 6.18. The van der Waals surface area contributed by atoms with Crippen molar-refractivity contribution in [3.8, 4) is 0 Å². The van der Waals surface area contributed by atoms with Crippen LogP contribution in [-0.2, 0) is 16.0 Å². The molecule has 1 aromatic rings. The van der Waals surface area contributed by atoms with Crippen LogP contribution in [0.2, 0.25) is 0 Å². The lowest BCUT2D eigenvalue weighted by Crippen LogP contribution is -2.39. The maximum absolute atomic E-state index is 12.3. The van der Waals surface area contributed by atoms with Crippen molar-refractivity contribution in [3.05, 3.63) is 16.1 Å². The van der Waals surface area contributed by atoms with Gasteiger partial charge in [0, 0.05) is 49.2 Å². The molecule has 2 heterocycles. The Morgan fingerprint density at radius 1 is 1.38 bits per heavy atom. The van der Waals surface area contributed by atoms with Crippen LogP contribution in [0.1, 0.15) is 56.2 Å². The molecule has 0 radical (unpaired) electrons. The standard InChI is InChI=1S/C18H27N3O2S/c1-12(2)16(22)19-8-7-15-11-24-17(20-15)14-4-3-9-21(10-14)18(23)13-5-6-13/h11-14H,3-10H2,1-2H3,(H,19,22)/t14-/m1/s1. The molecule has 2 amide bonds. The molecule has 0 unspecified atom stereocenters. The number of carbonyl (C=O) groups is 2. The molecule has 24 heavy (non-hydrogen) atoms. The van der Waals surface area contributed by atoms with Crippen molar-refractivity contribution in [3.63, 3.8) is 0 Å². The van der Waals surface area contributed by atoms with E-state index in [1.165, 1.54) is 0 Å². The minimum Gasteiger partial charge on any atom is -0.355 e. The van der Waals surface area contributed by atoms with Gasteiger partial charge in [-0.1, -0.05) is 13.8 Å². The van der Waals surface area contributed by atoms with Crippen molar-refractivity contribution < 1.29 is 9.59 Å². The molecule has 1 aromatic heterocycles. The lowest BCUT2D eigenvalue weighted by atomic mass is 9.98. The van der Waals surface area contributed by atoms with Crippen molar-refractivity contribution in [2.75, 3.05) is 19.6 Å². The first-order valence-corrected chi connectivity index (χ1v) is 9.93. The second-order valence-electron chi connectivity index (χ2n) is 7.27. The third-order valence-electron chi connectivity index (χ3n) is 4.78. The molecule has 1 aliphatic heterocycles. The number of aromatic nitrogens is 1. The summed E-state index contributed by atoms with van der Waals surface area (Å²) in [7, 11) is 0. The van der Waals surface area contributed by atoms with Crippen molar-refractivity contribution in [1.29, 1.82) is 0 Å². The van der Waals surface area contributed by atoms with Gasteiger partial charge >= 0.3 is 0 Å². The molecule has 0 bridgehead atoms. The minimum absolute atomic E-state index is 0.0215. The predicted molar refractivity (Wildman–Crippen MR) is 94.9 cm³/mol. The molecule has 3 rings (SSSR count). The van der Waals surface area contributed by atoms with Crippen LogP contribution in [0.3, 0.4) is 0 Å². The van der Waals surface area contributed by atoms with Crippen molar-refractivity contribution in [1.82, 2.24) is 15.2 Å². The van der Waals surface area contributed by atoms with Gasteiger partial charge < -0.3 is 10.2 Å². The highest BCUT2D eigenvalue weighted by Gasteiger charge is 2.36. The number of rotatable bonds is 6. The molecule has 1 atom stereocenters. The van der Waals surface area contributed by atoms with Crippen LogP contribution in [0.25, 0.3) is 0 Å². The van der Waals surface area contributed by atoms with E-state index < -0.39 is 0 Å².